The summed E-state index contributed by atoms with van der Waals surface area (Å²) in [5.41, 5.74) is 6.34. The van der Waals surface area contributed by atoms with Gasteiger partial charge < -0.3 is 5.11 Å². The van der Waals surface area contributed by atoms with E-state index in [0.717, 1.165) is 25.9 Å². The summed E-state index contributed by atoms with van der Waals surface area (Å²) in [6.45, 7) is 6.40. The van der Waals surface area contributed by atoms with Gasteiger partial charge in [0.15, 0.2) is 0 Å². The number of aliphatic hydroxyl groups excluding tert-OH is 1. The molecule has 3 N–H and O–H groups in total. The number of hydrogen-bond donors (Lipinski definition) is 3. The molecular weight excluding hydrogens is 284 g/mol. The third-order valence-electron chi connectivity index (χ3n) is 4.19. The first-order valence-corrected chi connectivity index (χ1v) is 10.1. The third-order valence-corrected chi connectivity index (χ3v) is 4.19. The number of allylic oxidation sites excluding steroid dienone is 1. The second-order valence-electron chi connectivity index (χ2n) is 6.58. The summed E-state index contributed by atoms with van der Waals surface area (Å²) in [7, 11) is 0. The summed E-state index contributed by atoms with van der Waals surface area (Å²) in [6, 6.07) is 0. The highest BCUT2D eigenvalue weighted by Crippen LogP contribution is 2.10. The van der Waals surface area contributed by atoms with E-state index in [1.165, 1.54) is 70.6 Å². The highest BCUT2D eigenvalue weighted by Gasteiger charge is 2.00. The Hall–Kier alpha value is -0.380. The van der Waals surface area contributed by atoms with Crippen molar-refractivity contribution in [2.75, 3.05) is 13.1 Å². The van der Waals surface area contributed by atoms with Gasteiger partial charge in [0, 0.05) is 13.1 Å². The molecule has 0 aliphatic heterocycles. The van der Waals surface area contributed by atoms with Crippen molar-refractivity contribution >= 4 is 0 Å². The second-order valence-corrected chi connectivity index (χ2v) is 6.58. The van der Waals surface area contributed by atoms with Gasteiger partial charge in [-0.1, -0.05) is 77.4 Å². The predicted octanol–water partition coefficient (Wildman–Crippen LogP) is 5.11. The molecule has 0 bridgehead atoms. The summed E-state index contributed by atoms with van der Waals surface area (Å²) in [5, 5.41) is 9.86. The van der Waals surface area contributed by atoms with E-state index in [0.29, 0.717) is 0 Å². The van der Waals surface area contributed by atoms with Crippen LogP contribution >= 0.6 is 0 Å². The first kappa shape index (κ1) is 22.6. The molecule has 0 saturated heterocycles. The standard InChI is InChI=1S/C20H42N2O/c1-3-5-6-14-17-20(23)18-15-12-10-8-7-9-11-13-16-19-22-21-4-2/h12,15,20-23H,3-11,13-14,16-19H2,1-2H3/b15-12-/t20-/m1/s1. The Kier molecular flexibility index (Phi) is 19.3. The van der Waals surface area contributed by atoms with Gasteiger partial charge in [0.1, 0.15) is 0 Å². The van der Waals surface area contributed by atoms with Gasteiger partial charge in [-0.2, -0.15) is 0 Å². The van der Waals surface area contributed by atoms with E-state index < -0.39 is 0 Å². The van der Waals surface area contributed by atoms with Crippen molar-refractivity contribution in [3.63, 3.8) is 0 Å². The topological polar surface area (TPSA) is 44.3 Å². The highest BCUT2D eigenvalue weighted by molar-refractivity contribution is 4.84. The molecule has 0 rings (SSSR count). The molecule has 0 aliphatic rings. The van der Waals surface area contributed by atoms with Gasteiger partial charge in [-0.05, 0) is 32.1 Å². The molecule has 0 aliphatic carbocycles. The minimum absolute atomic E-state index is 0.126. The molecule has 0 aromatic carbocycles. The molecule has 0 spiro atoms. The van der Waals surface area contributed by atoms with Crippen molar-refractivity contribution in [1.29, 1.82) is 0 Å². The largest absolute Gasteiger partial charge is 0.393 e. The monoisotopic (exact) mass is 326 g/mol. The Morgan fingerprint density at radius 1 is 0.783 bits per heavy atom. The Labute approximate surface area is 145 Å². The number of rotatable bonds is 18. The lowest BCUT2D eigenvalue weighted by atomic mass is 10.1. The number of hydrazine groups is 1. The van der Waals surface area contributed by atoms with Crippen molar-refractivity contribution in [2.24, 2.45) is 0 Å². The SMILES string of the molecule is CCCCCC[C@@H](O)C/C=C\CCCCCCCCNNCC. The van der Waals surface area contributed by atoms with Crippen LogP contribution in [-0.2, 0) is 0 Å². The van der Waals surface area contributed by atoms with Crippen molar-refractivity contribution in [1.82, 2.24) is 10.9 Å². The maximum Gasteiger partial charge on any atom is 0.0574 e. The van der Waals surface area contributed by atoms with Crippen molar-refractivity contribution in [2.45, 2.75) is 103 Å². The Morgan fingerprint density at radius 2 is 1.48 bits per heavy atom. The van der Waals surface area contributed by atoms with Crippen LogP contribution in [-0.4, -0.2) is 24.3 Å². The zero-order valence-corrected chi connectivity index (χ0v) is 15.8. The molecule has 0 unspecified atom stereocenters. The molecule has 138 valence electrons. The number of aliphatic hydroxyl groups is 1. The quantitative estimate of drug-likeness (QED) is 0.186. The van der Waals surface area contributed by atoms with Crippen LogP contribution in [0.15, 0.2) is 12.2 Å². The lowest BCUT2D eigenvalue weighted by Gasteiger charge is -2.07. The Balaban J connectivity index is 3.18. The highest BCUT2D eigenvalue weighted by atomic mass is 16.3. The van der Waals surface area contributed by atoms with Crippen LogP contribution in [0.25, 0.3) is 0 Å². The molecular formula is C20H42N2O. The summed E-state index contributed by atoms with van der Waals surface area (Å²) in [5.74, 6) is 0. The maximum absolute atomic E-state index is 9.86. The summed E-state index contributed by atoms with van der Waals surface area (Å²) < 4.78 is 0. The molecule has 1 atom stereocenters. The van der Waals surface area contributed by atoms with Crippen molar-refractivity contribution in [3.8, 4) is 0 Å². The first-order chi connectivity index (χ1) is 11.3. The van der Waals surface area contributed by atoms with Crippen molar-refractivity contribution in [3.05, 3.63) is 12.2 Å². The first-order valence-electron chi connectivity index (χ1n) is 10.1. The molecule has 0 aromatic heterocycles. The molecule has 3 nitrogen and oxygen atoms in total. The van der Waals surface area contributed by atoms with Crippen LogP contribution in [0.2, 0.25) is 0 Å². The van der Waals surface area contributed by atoms with Crippen LogP contribution in [0.5, 0.6) is 0 Å². The average molecular weight is 327 g/mol. The van der Waals surface area contributed by atoms with Gasteiger partial charge in [0.2, 0.25) is 0 Å². The predicted molar refractivity (Wildman–Crippen MR) is 103 cm³/mol. The minimum atomic E-state index is -0.126. The van der Waals surface area contributed by atoms with E-state index in [4.69, 9.17) is 0 Å². The van der Waals surface area contributed by atoms with E-state index in [1.807, 2.05) is 0 Å². The molecule has 0 radical (unpaired) electrons. The molecule has 3 heteroatoms. The van der Waals surface area contributed by atoms with E-state index in [-0.39, 0.29) is 6.10 Å². The van der Waals surface area contributed by atoms with Gasteiger partial charge >= 0.3 is 0 Å². The zero-order chi connectivity index (χ0) is 17.0. The molecule has 0 amide bonds. The Morgan fingerprint density at radius 3 is 2.22 bits per heavy atom. The minimum Gasteiger partial charge on any atom is -0.393 e. The van der Waals surface area contributed by atoms with Crippen molar-refractivity contribution < 1.29 is 5.11 Å². The Bertz CT molecular complexity index is 244. The van der Waals surface area contributed by atoms with E-state index in [9.17, 15) is 5.11 Å². The van der Waals surface area contributed by atoms with E-state index in [1.54, 1.807) is 0 Å². The van der Waals surface area contributed by atoms with Gasteiger partial charge in [0.05, 0.1) is 6.10 Å². The second kappa shape index (κ2) is 19.7. The summed E-state index contributed by atoms with van der Waals surface area (Å²) in [4.78, 5) is 0. The van der Waals surface area contributed by atoms with E-state index in [2.05, 4.69) is 36.9 Å². The number of nitrogens with one attached hydrogen (secondary N) is 2. The summed E-state index contributed by atoms with van der Waals surface area (Å²) >= 11 is 0. The van der Waals surface area contributed by atoms with Gasteiger partial charge in [-0.25, -0.2) is 0 Å². The zero-order valence-electron chi connectivity index (χ0n) is 15.8. The fourth-order valence-electron chi connectivity index (χ4n) is 2.69. The molecule has 0 saturated carbocycles. The molecule has 0 fully saturated rings. The molecule has 0 heterocycles. The maximum atomic E-state index is 9.86. The molecule has 23 heavy (non-hydrogen) atoms. The average Bonchev–Trinajstić information content (AvgIpc) is 2.56. The normalized spacial score (nSPS) is 13.0. The van der Waals surface area contributed by atoms with Gasteiger partial charge in [-0.15, -0.1) is 0 Å². The smallest absolute Gasteiger partial charge is 0.0574 e. The fourth-order valence-corrected chi connectivity index (χ4v) is 2.69. The van der Waals surface area contributed by atoms with Crippen LogP contribution < -0.4 is 10.9 Å². The van der Waals surface area contributed by atoms with Gasteiger partial charge in [0.25, 0.3) is 0 Å². The third kappa shape index (κ3) is 19.6. The van der Waals surface area contributed by atoms with Gasteiger partial charge in [-0.3, -0.25) is 10.9 Å². The van der Waals surface area contributed by atoms with Crippen LogP contribution in [0.3, 0.4) is 0 Å². The lowest BCUT2D eigenvalue weighted by molar-refractivity contribution is 0.163. The van der Waals surface area contributed by atoms with Crippen LogP contribution in [0, 0.1) is 0 Å². The number of hydrogen-bond acceptors (Lipinski definition) is 3. The summed E-state index contributed by atoms with van der Waals surface area (Å²) in [6.07, 6.45) is 20.2. The van der Waals surface area contributed by atoms with Crippen LogP contribution in [0.1, 0.15) is 97.3 Å². The lowest BCUT2D eigenvalue weighted by Crippen LogP contribution is -2.31. The van der Waals surface area contributed by atoms with Crippen LogP contribution in [0.4, 0.5) is 0 Å². The number of unbranched alkanes of at least 4 members (excludes halogenated alkanes) is 9. The fraction of sp³-hybridized carbons (Fsp3) is 0.900. The molecule has 0 aromatic rings. The van der Waals surface area contributed by atoms with E-state index >= 15 is 0 Å².